The lowest BCUT2D eigenvalue weighted by Crippen LogP contribution is -2.22. The van der Waals surface area contributed by atoms with E-state index in [0.717, 1.165) is 0 Å². The van der Waals surface area contributed by atoms with Crippen molar-refractivity contribution in [1.82, 2.24) is 10.5 Å². The van der Waals surface area contributed by atoms with Crippen LogP contribution in [0.25, 0.3) is 0 Å². The van der Waals surface area contributed by atoms with E-state index < -0.39 is 0 Å². The van der Waals surface area contributed by atoms with E-state index in [2.05, 4.69) is 15.0 Å². The summed E-state index contributed by atoms with van der Waals surface area (Å²) in [5, 5.41) is 6.28. The maximum Gasteiger partial charge on any atom is 0.287 e. The minimum atomic E-state index is -0.266. The van der Waals surface area contributed by atoms with Crippen molar-refractivity contribution in [1.29, 1.82) is 0 Å². The fourth-order valence-corrected chi connectivity index (χ4v) is 0.994. The zero-order valence-corrected chi connectivity index (χ0v) is 7.27. The van der Waals surface area contributed by atoms with Gasteiger partial charge in [0, 0.05) is 6.07 Å². The van der Waals surface area contributed by atoms with E-state index in [9.17, 15) is 4.79 Å². The standard InChI is InChI=1S/C9H8N2O3/c12-9(8-2-1-4-13-8)10-6-7-3-5-14-11-7/h1-5H,6H2,(H,10,12). The van der Waals surface area contributed by atoms with Crippen molar-refractivity contribution in [3.8, 4) is 0 Å². The zero-order valence-electron chi connectivity index (χ0n) is 7.27. The lowest BCUT2D eigenvalue weighted by atomic mass is 10.4. The van der Waals surface area contributed by atoms with E-state index in [1.165, 1.54) is 12.5 Å². The number of hydrogen-bond acceptors (Lipinski definition) is 4. The molecule has 72 valence electrons. The van der Waals surface area contributed by atoms with E-state index in [1.54, 1.807) is 18.2 Å². The molecule has 0 bridgehead atoms. The molecule has 0 fully saturated rings. The third kappa shape index (κ3) is 1.82. The molecule has 0 aliphatic rings. The number of rotatable bonds is 3. The molecular formula is C9H8N2O3. The van der Waals surface area contributed by atoms with Crippen LogP contribution < -0.4 is 5.32 Å². The number of nitrogens with zero attached hydrogens (tertiary/aromatic N) is 1. The van der Waals surface area contributed by atoms with Gasteiger partial charge >= 0.3 is 0 Å². The molecule has 2 rings (SSSR count). The number of amides is 1. The number of nitrogens with one attached hydrogen (secondary N) is 1. The van der Waals surface area contributed by atoms with Gasteiger partial charge in [0.05, 0.1) is 12.8 Å². The summed E-state index contributed by atoms with van der Waals surface area (Å²) in [6.45, 7) is 0.329. The van der Waals surface area contributed by atoms with Crippen LogP contribution in [0.4, 0.5) is 0 Å². The van der Waals surface area contributed by atoms with Crippen LogP contribution in [0, 0.1) is 0 Å². The summed E-state index contributed by atoms with van der Waals surface area (Å²) in [5.74, 6) is 0.0199. The van der Waals surface area contributed by atoms with E-state index in [-0.39, 0.29) is 11.7 Å². The Morgan fingerprint density at radius 1 is 1.43 bits per heavy atom. The van der Waals surface area contributed by atoms with E-state index in [0.29, 0.717) is 12.2 Å². The smallest absolute Gasteiger partial charge is 0.287 e. The third-order valence-corrected chi connectivity index (χ3v) is 1.67. The van der Waals surface area contributed by atoms with Gasteiger partial charge in [0.2, 0.25) is 0 Å². The molecule has 0 aromatic carbocycles. The molecule has 0 aliphatic heterocycles. The second-order valence-electron chi connectivity index (χ2n) is 2.65. The highest BCUT2D eigenvalue weighted by Gasteiger charge is 2.07. The largest absolute Gasteiger partial charge is 0.459 e. The van der Waals surface area contributed by atoms with Gasteiger partial charge in [0.25, 0.3) is 5.91 Å². The van der Waals surface area contributed by atoms with Crippen molar-refractivity contribution in [2.45, 2.75) is 6.54 Å². The monoisotopic (exact) mass is 192 g/mol. The molecule has 2 aromatic rings. The summed E-state index contributed by atoms with van der Waals surface area (Å²) in [5.41, 5.74) is 0.671. The maximum atomic E-state index is 11.3. The Morgan fingerprint density at radius 2 is 2.36 bits per heavy atom. The summed E-state index contributed by atoms with van der Waals surface area (Å²) in [7, 11) is 0. The van der Waals surface area contributed by atoms with E-state index >= 15 is 0 Å². The van der Waals surface area contributed by atoms with Crippen LogP contribution in [-0.4, -0.2) is 11.1 Å². The summed E-state index contributed by atoms with van der Waals surface area (Å²) in [6.07, 6.45) is 2.90. The Bertz CT molecular complexity index is 392. The first-order chi connectivity index (χ1) is 6.86. The maximum absolute atomic E-state index is 11.3. The van der Waals surface area contributed by atoms with E-state index in [1.807, 2.05) is 0 Å². The van der Waals surface area contributed by atoms with Crippen molar-refractivity contribution >= 4 is 5.91 Å². The quantitative estimate of drug-likeness (QED) is 0.793. The van der Waals surface area contributed by atoms with Gasteiger partial charge in [0.1, 0.15) is 12.0 Å². The van der Waals surface area contributed by atoms with Crippen LogP contribution in [0.1, 0.15) is 16.2 Å². The molecule has 1 N–H and O–H groups in total. The zero-order chi connectivity index (χ0) is 9.80. The fraction of sp³-hybridized carbons (Fsp3) is 0.111. The fourth-order valence-electron chi connectivity index (χ4n) is 0.994. The Hall–Kier alpha value is -2.04. The van der Waals surface area contributed by atoms with E-state index in [4.69, 9.17) is 4.42 Å². The molecule has 2 aromatic heterocycles. The van der Waals surface area contributed by atoms with Gasteiger partial charge in [-0.1, -0.05) is 5.16 Å². The van der Waals surface area contributed by atoms with Gasteiger partial charge in [-0.15, -0.1) is 0 Å². The molecule has 1 amide bonds. The van der Waals surface area contributed by atoms with Crippen molar-refractivity contribution < 1.29 is 13.7 Å². The molecular weight excluding hydrogens is 184 g/mol. The van der Waals surface area contributed by atoms with Crippen LogP contribution in [0.2, 0.25) is 0 Å². The topological polar surface area (TPSA) is 68.3 Å². The van der Waals surface area contributed by atoms with Crippen LogP contribution in [0.15, 0.2) is 39.7 Å². The molecule has 0 radical (unpaired) electrons. The first kappa shape index (κ1) is 8.55. The van der Waals surface area contributed by atoms with Crippen LogP contribution in [0.5, 0.6) is 0 Å². The van der Waals surface area contributed by atoms with Gasteiger partial charge in [-0.05, 0) is 12.1 Å². The Kier molecular flexibility index (Phi) is 2.31. The predicted octanol–water partition coefficient (Wildman–Crippen LogP) is 1.20. The number of carbonyl (C=O) groups is 1. The van der Waals surface area contributed by atoms with Crippen molar-refractivity contribution in [3.63, 3.8) is 0 Å². The second-order valence-corrected chi connectivity index (χ2v) is 2.65. The van der Waals surface area contributed by atoms with Crippen molar-refractivity contribution in [2.75, 3.05) is 0 Å². The predicted molar refractivity (Wildman–Crippen MR) is 46.4 cm³/mol. The summed E-state index contributed by atoms with van der Waals surface area (Å²) in [6, 6.07) is 4.94. The van der Waals surface area contributed by atoms with Crippen LogP contribution in [0.3, 0.4) is 0 Å². The number of hydrogen-bond donors (Lipinski definition) is 1. The molecule has 0 saturated heterocycles. The normalized spacial score (nSPS) is 10.0. The highest BCUT2D eigenvalue weighted by Crippen LogP contribution is 2.00. The summed E-state index contributed by atoms with van der Waals surface area (Å²) in [4.78, 5) is 11.3. The molecule has 14 heavy (non-hydrogen) atoms. The second kappa shape index (κ2) is 3.78. The van der Waals surface area contributed by atoms with Crippen molar-refractivity contribution in [2.24, 2.45) is 0 Å². The molecule has 5 heteroatoms. The summed E-state index contributed by atoms with van der Waals surface area (Å²) >= 11 is 0. The minimum Gasteiger partial charge on any atom is -0.459 e. The molecule has 0 saturated carbocycles. The minimum absolute atomic E-state index is 0.266. The molecule has 0 atom stereocenters. The average Bonchev–Trinajstić information content (AvgIpc) is 2.87. The lowest BCUT2D eigenvalue weighted by Gasteiger charge is -1.98. The molecule has 2 heterocycles. The van der Waals surface area contributed by atoms with Crippen LogP contribution in [-0.2, 0) is 6.54 Å². The molecule has 0 unspecified atom stereocenters. The Labute approximate surface area is 79.7 Å². The number of carbonyl (C=O) groups excluding carboxylic acids is 1. The highest BCUT2D eigenvalue weighted by molar-refractivity contribution is 5.91. The number of furan rings is 1. The Balaban J connectivity index is 1.90. The third-order valence-electron chi connectivity index (χ3n) is 1.67. The van der Waals surface area contributed by atoms with Gasteiger partial charge in [-0.3, -0.25) is 4.79 Å². The van der Waals surface area contributed by atoms with Gasteiger partial charge in [-0.25, -0.2) is 0 Å². The SMILES string of the molecule is O=C(NCc1ccon1)c1ccco1. The van der Waals surface area contributed by atoms with Crippen LogP contribution >= 0.6 is 0 Å². The summed E-state index contributed by atoms with van der Waals surface area (Å²) < 4.78 is 9.52. The molecule has 0 spiro atoms. The average molecular weight is 192 g/mol. The highest BCUT2D eigenvalue weighted by atomic mass is 16.5. The first-order valence-electron chi connectivity index (χ1n) is 4.07. The van der Waals surface area contributed by atoms with Gasteiger partial charge in [0.15, 0.2) is 5.76 Å². The lowest BCUT2D eigenvalue weighted by molar-refractivity contribution is 0.0922. The number of aromatic nitrogens is 1. The van der Waals surface area contributed by atoms with Gasteiger partial charge in [-0.2, -0.15) is 0 Å². The van der Waals surface area contributed by atoms with Crippen molar-refractivity contribution in [3.05, 3.63) is 42.2 Å². The molecule has 5 nitrogen and oxygen atoms in total. The van der Waals surface area contributed by atoms with Gasteiger partial charge < -0.3 is 14.3 Å². The molecule has 0 aliphatic carbocycles. The Morgan fingerprint density at radius 3 is 3.00 bits per heavy atom. The first-order valence-corrected chi connectivity index (χ1v) is 4.07.